The Kier molecular flexibility index (Phi) is 3.57. The van der Waals surface area contributed by atoms with Crippen LogP contribution in [0.5, 0.6) is 0 Å². The summed E-state index contributed by atoms with van der Waals surface area (Å²) in [5.41, 5.74) is 1.63. The molecule has 0 spiro atoms. The van der Waals surface area contributed by atoms with Gasteiger partial charge in [-0.3, -0.25) is 4.79 Å². The molecule has 0 unspecified atom stereocenters. The summed E-state index contributed by atoms with van der Waals surface area (Å²) < 4.78 is 14.1. The van der Waals surface area contributed by atoms with E-state index in [-0.39, 0.29) is 11.6 Å². The molecule has 1 nitrogen and oxygen atoms in total. The van der Waals surface area contributed by atoms with Crippen molar-refractivity contribution < 1.29 is 9.18 Å². The SMILES string of the molecule is Cc1cc(C(=O)c2cccc(I)c2)ccc1F. The lowest BCUT2D eigenvalue weighted by atomic mass is 10.0. The lowest BCUT2D eigenvalue weighted by Crippen LogP contribution is -2.02. The van der Waals surface area contributed by atoms with E-state index in [1.165, 1.54) is 12.1 Å². The number of carbonyl (C=O) groups excluding carboxylic acids is 1. The van der Waals surface area contributed by atoms with Gasteiger partial charge in [0.05, 0.1) is 0 Å². The van der Waals surface area contributed by atoms with Crippen molar-refractivity contribution in [1.29, 1.82) is 0 Å². The fraction of sp³-hybridized carbons (Fsp3) is 0.0714. The van der Waals surface area contributed by atoms with Crippen molar-refractivity contribution in [2.75, 3.05) is 0 Å². The van der Waals surface area contributed by atoms with Gasteiger partial charge in [-0.1, -0.05) is 12.1 Å². The molecule has 0 aromatic heterocycles. The van der Waals surface area contributed by atoms with Crippen LogP contribution in [0.1, 0.15) is 21.5 Å². The van der Waals surface area contributed by atoms with E-state index in [0.29, 0.717) is 16.7 Å². The zero-order valence-electron chi connectivity index (χ0n) is 9.21. The Labute approximate surface area is 113 Å². The van der Waals surface area contributed by atoms with E-state index < -0.39 is 0 Å². The Morgan fingerprint density at radius 2 is 1.82 bits per heavy atom. The first kappa shape index (κ1) is 12.2. The zero-order chi connectivity index (χ0) is 12.4. The molecule has 0 radical (unpaired) electrons. The minimum atomic E-state index is -0.288. The van der Waals surface area contributed by atoms with Crippen LogP contribution in [0.3, 0.4) is 0 Å². The normalized spacial score (nSPS) is 10.3. The number of rotatable bonds is 2. The first-order valence-electron chi connectivity index (χ1n) is 5.14. The van der Waals surface area contributed by atoms with Crippen molar-refractivity contribution in [1.82, 2.24) is 0 Å². The van der Waals surface area contributed by atoms with Crippen LogP contribution in [0.2, 0.25) is 0 Å². The molecule has 0 aliphatic rings. The summed E-state index contributed by atoms with van der Waals surface area (Å²) in [6.45, 7) is 1.65. The largest absolute Gasteiger partial charge is 0.289 e. The van der Waals surface area contributed by atoms with E-state index in [2.05, 4.69) is 22.6 Å². The highest BCUT2D eigenvalue weighted by Gasteiger charge is 2.10. The summed E-state index contributed by atoms with van der Waals surface area (Å²) in [4.78, 5) is 12.1. The van der Waals surface area contributed by atoms with Crippen LogP contribution in [0, 0.1) is 16.3 Å². The molecule has 2 rings (SSSR count). The Bertz CT molecular complexity index is 578. The lowest BCUT2D eigenvalue weighted by Gasteiger charge is -2.03. The molecule has 0 saturated heterocycles. The van der Waals surface area contributed by atoms with Gasteiger partial charge in [-0.25, -0.2) is 4.39 Å². The molecule has 2 aromatic rings. The number of halogens is 2. The Morgan fingerprint density at radius 3 is 2.47 bits per heavy atom. The smallest absolute Gasteiger partial charge is 0.193 e. The van der Waals surface area contributed by atoms with Crippen LogP contribution in [-0.2, 0) is 0 Å². The van der Waals surface area contributed by atoms with E-state index in [9.17, 15) is 9.18 Å². The molecule has 0 saturated carbocycles. The third-order valence-electron chi connectivity index (χ3n) is 2.51. The van der Waals surface area contributed by atoms with Gasteiger partial charge in [-0.15, -0.1) is 0 Å². The molecule has 0 atom stereocenters. The topological polar surface area (TPSA) is 17.1 Å². The summed E-state index contributed by atoms with van der Waals surface area (Å²) in [7, 11) is 0. The molecule has 0 amide bonds. The monoisotopic (exact) mass is 340 g/mol. The Hall–Kier alpha value is -1.23. The van der Waals surface area contributed by atoms with Gasteiger partial charge in [-0.05, 0) is 65.4 Å². The van der Waals surface area contributed by atoms with Crippen molar-refractivity contribution in [3.8, 4) is 0 Å². The average molecular weight is 340 g/mol. The molecule has 86 valence electrons. The van der Waals surface area contributed by atoms with Crippen LogP contribution in [0.15, 0.2) is 42.5 Å². The number of aryl methyl sites for hydroxylation is 1. The molecule has 2 aromatic carbocycles. The highest BCUT2D eigenvalue weighted by atomic mass is 127. The first-order chi connectivity index (χ1) is 8.08. The van der Waals surface area contributed by atoms with Gasteiger partial charge in [0.15, 0.2) is 5.78 Å². The fourth-order valence-corrected chi connectivity index (χ4v) is 2.13. The number of benzene rings is 2. The minimum Gasteiger partial charge on any atom is -0.289 e. The Balaban J connectivity index is 2.40. The number of ketones is 1. The second kappa shape index (κ2) is 4.96. The van der Waals surface area contributed by atoms with Gasteiger partial charge in [-0.2, -0.15) is 0 Å². The van der Waals surface area contributed by atoms with Gasteiger partial charge in [0.1, 0.15) is 5.82 Å². The first-order valence-corrected chi connectivity index (χ1v) is 6.22. The van der Waals surface area contributed by atoms with Gasteiger partial charge < -0.3 is 0 Å². The van der Waals surface area contributed by atoms with Crippen LogP contribution in [0.25, 0.3) is 0 Å². The molecule has 0 bridgehead atoms. The van der Waals surface area contributed by atoms with Gasteiger partial charge >= 0.3 is 0 Å². The third kappa shape index (κ3) is 2.72. The summed E-state index contributed by atoms with van der Waals surface area (Å²) in [5, 5.41) is 0. The standard InChI is InChI=1S/C14H10FIO/c1-9-7-11(5-6-13(9)15)14(17)10-3-2-4-12(16)8-10/h2-8H,1H3. The maximum Gasteiger partial charge on any atom is 0.193 e. The molecule has 3 heteroatoms. The van der Waals surface area contributed by atoms with E-state index >= 15 is 0 Å². The van der Waals surface area contributed by atoms with Gasteiger partial charge in [0, 0.05) is 14.7 Å². The van der Waals surface area contributed by atoms with Crippen LogP contribution < -0.4 is 0 Å². The number of hydrogen-bond acceptors (Lipinski definition) is 1. The van der Waals surface area contributed by atoms with Crippen molar-refractivity contribution in [3.05, 3.63) is 68.5 Å². The third-order valence-corrected chi connectivity index (χ3v) is 3.18. The van der Waals surface area contributed by atoms with Crippen LogP contribution in [-0.4, -0.2) is 5.78 Å². The predicted molar refractivity (Wildman–Crippen MR) is 73.7 cm³/mol. The maximum absolute atomic E-state index is 13.1. The molecular formula is C14H10FIO. The molecule has 0 aliphatic carbocycles. The summed E-state index contributed by atoms with van der Waals surface area (Å²) >= 11 is 2.16. The predicted octanol–water partition coefficient (Wildman–Crippen LogP) is 3.97. The summed E-state index contributed by atoms with van der Waals surface area (Å²) in [6, 6.07) is 11.8. The van der Waals surface area contributed by atoms with Crippen LogP contribution >= 0.6 is 22.6 Å². The lowest BCUT2D eigenvalue weighted by molar-refractivity contribution is 0.103. The van der Waals surface area contributed by atoms with Crippen molar-refractivity contribution in [2.45, 2.75) is 6.92 Å². The summed E-state index contributed by atoms with van der Waals surface area (Å²) in [5.74, 6) is -0.365. The molecular weight excluding hydrogens is 330 g/mol. The van der Waals surface area contributed by atoms with Gasteiger partial charge in [0.25, 0.3) is 0 Å². The van der Waals surface area contributed by atoms with E-state index in [0.717, 1.165) is 3.57 Å². The van der Waals surface area contributed by atoms with Crippen molar-refractivity contribution in [2.24, 2.45) is 0 Å². The second-order valence-electron chi connectivity index (χ2n) is 3.80. The van der Waals surface area contributed by atoms with E-state index in [1.54, 1.807) is 19.1 Å². The Morgan fingerprint density at radius 1 is 1.12 bits per heavy atom. The highest BCUT2D eigenvalue weighted by Crippen LogP contribution is 2.15. The number of carbonyl (C=O) groups is 1. The maximum atomic E-state index is 13.1. The fourth-order valence-electron chi connectivity index (χ4n) is 1.58. The second-order valence-corrected chi connectivity index (χ2v) is 5.05. The molecule has 0 N–H and O–H groups in total. The molecule has 0 heterocycles. The van der Waals surface area contributed by atoms with E-state index in [4.69, 9.17) is 0 Å². The van der Waals surface area contributed by atoms with Crippen molar-refractivity contribution >= 4 is 28.4 Å². The van der Waals surface area contributed by atoms with Crippen LogP contribution in [0.4, 0.5) is 4.39 Å². The molecule has 17 heavy (non-hydrogen) atoms. The van der Waals surface area contributed by atoms with Crippen molar-refractivity contribution in [3.63, 3.8) is 0 Å². The molecule has 0 fully saturated rings. The van der Waals surface area contributed by atoms with E-state index in [1.807, 2.05) is 18.2 Å². The molecule has 0 aliphatic heterocycles. The van der Waals surface area contributed by atoms with Gasteiger partial charge in [0.2, 0.25) is 0 Å². The average Bonchev–Trinajstić information content (AvgIpc) is 2.32. The minimum absolute atomic E-state index is 0.0772. The zero-order valence-corrected chi connectivity index (χ0v) is 11.4. The highest BCUT2D eigenvalue weighted by molar-refractivity contribution is 14.1. The quantitative estimate of drug-likeness (QED) is 0.597. The number of hydrogen-bond donors (Lipinski definition) is 0. The summed E-state index contributed by atoms with van der Waals surface area (Å²) in [6.07, 6.45) is 0.